The Morgan fingerprint density at radius 2 is 2.08 bits per heavy atom. The van der Waals surface area contributed by atoms with Crippen LogP contribution in [0, 0.1) is 3.57 Å². The summed E-state index contributed by atoms with van der Waals surface area (Å²) in [6, 6.07) is 11.7. The number of aromatic nitrogens is 1. The Balaban J connectivity index is 1.65. The minimum Gasteiger partial charge on any atom is -0.298 e. The Bertz CT molecular complexity index is 756. The number of piperidine rings is 1. The number of carbonyl (C=O) groups is 1. The van der Waals surface area contributed by atoms with Gasteiger partial charge >= 0.3 is 0 Å². The molecular weight excluding hydrogens is 447 g/mol. The van der Waals surface area contributed by atoms with E-state index in [-0.39, 0.29) is 11.9 Å². The molecule has 25 heavy (non-hydrogen) atoms. The van der Waals surface area contributed by atoms with Gasteiger partial charge in [0, 0.05) is 22.5 Å². The molecule has 1 aliphatic rings. The van der Waals surface area contributed by atoms with Crippen molar-refractivity contribution in [2.45, 2.75) is 25.3 Å². The molecule has 1 aromatic heterocycles. The van der Waals surface area contributed by atoms with Gasteiger partial charge in [0.25, 0.3) is 5.91 Å². The zero-order valence-corrected chi connectivity index (χ0v) is 16.6. The SMILES string of the molecule is O=C(NC(=S)NN1CCCC[C@H]1c1cccnc1)c1ccccc1I. The molecule has 0 bridgehead atoms. The number of benzene rings is 1. The van der Waals surface area contributed by atoms with Gasteiger partial charge in [-0.2, -0.15) is 0 Å². The van der Waals surface area contributed by atoms with E-state index in [0.717, 1.165) is 28.5 Å². The number of carbonyl (C=O) groups excluding carboxylic acids is 1. The van der Waals surface area contributed by atoms with E-state index in [1.165, 1.54) is 6.42 Å². The van der Waals surface area contributed by atoms with E-state index >= 15 is 0 Å². The first-order valence-corrected chi connectivity index (χ1v) is 9.67. The predicted molar refractivity (Wildman–Crippen MR) is 110 cm³/mol. The van der Waals surface area contributed by atoms with Gasteiger partial charge < -0.3 is 0 Å². The van der Waals surface area contributed by atoms with Crippen LogP contribution in [0.25, 0.3) is 0 Å². The van der Waals surface area contributed by atoms with Crippen molar-refractivity contribution in [1.82, 2.24) is 20.7 Å². The molecule has 0 aliphatic carbocycles. The van der Waals surface area contributed by atoms with Crippen LogP contribution in [-0.2, 0) is 0 Å². The molecule has 0 radical (unpaired) electrons. The molecule has 0 spiro atoms. The predicted octanol–water partition coefficient (Wildman–Crippen LogP) is 3.43. The second kappa shape index (κ2) is 8.68. The highest BCUT2D eigenvalue weighted by Crippen LogP contribution is 2.28. The van der Waals surface area contributed by atoms with Crippen molar-refractivity contribution >= 4 is 45.8 Å². The molecule has 0 saturated carbocycles. The van der Waals surface area contributed by atoms with Crippen LogP contribution in [0.1, 0.15) is 41.2 Å². The Kier molecular flexibility index (Phi) is 6.33. The van der Waals surface area contributed by atoms with Gasteiger partial charge in [-0.25, -0.2) is 5.01 Å². The summed E-state index contributed by atoms with van der Waals surface area (Å²) in [6.45, 7) is 0.873. The van der Waals surface area contributed by atoms with Crippen molar-refractivity contribution in [2.75, 3.05) is 6.54 Å². The van der Waals surface area contributed by atoms with Crippen molar-refractivity contribution in [3.05, 3.63) is 63.5 Å². The quantitative estimate of drug-likeness (QED) is 0.537. The molecule has 2 N–H and O–H groups in total. The second-order valence-corrected chi connectivity index (χ2v) is 7.44. The molecule has 130 valence electrons. The number of rotatable bonds is 3. The topological polar surface area (TPSA) is 57.3 Å². The lowest BCUT2D eigenvalue weighted by Gasteiger charge is -2.36. The van der Waals surface area contributed by atoms with Gasteiger partial charge in [-0.1, -0.05) is 24.6 Å². The molecule has 1 aliphatic heterocycles. The van der Waals surface area contributed by atoms with E-state index in [9.17, 15) is 4.79 Å². The van der Waals surface area contributed by atoms with E-state index in [2.05, 4.69) is 49.4 Å². The van der Waals surface area contributed by atoms with Crippen molar-refractivity contribution in [1.29, 1.82) is 0 Å². The van der Waals surface area contributed by atoms with Crippen LogP contribution in [0.15, 0.2) is 48.8 Å². The van der Waals surface area contributed by atoms with E-state index in [1.807, 2.05) is 30.5 Å². The van der Waals surface area contributed by atoms with Crippen molar-refractivity contribution < 1.29 is 4.79 Å². The first-order valence-electron chi connectivity index (χ1n) is 8.18. The van der Waals surface area contributed by atoms with Gasteiger partial charge in [0.1, 0.15) is 0 Å². The first-order chi connectivity index (χ1) is 12.1. The summed E-state index contributed by atoms with van der Waals surface area (Å²) in [5, 5.41) is 5.19. The smallest absolute Gasteiger partial charge is 0.258 e. The average Bonchev–Trinajstić information content (AvgIpc) is 2.63. The summed E-state index contributed by atoms with van der Waals surface area (Å²) in [5.74, 6) is -0.197. The molecule has 5 nitrogen and oxygen atoms in total. The highest BCUT2D eigenvalue weighted by molar-refractivity contribution is 14.1. The summed E-state index contributed by atoms with van der Waals surface area (Å²) >= 11 is 7.50. The Labute approximate surface area is 166 Å². The summed E-state index contributed by atoms with van der Waals surface area (Å²) in [4.78, 5) is 16.6. The van der Waals surface area contributed by atoms with Crippen molar-refractivity contribution in [2.24, 2.45) is 0 Å². The maximum Gasteiger partial charge on any atom is 0.258 e. The van der Waals surface area contributed by atoms with Crippen molar-refractivity contribution in [3.8, 4) is 0 Å². The second-order valence-electron chi connectivity index (χ2n) is 5.87. The van der Waals surface area contributed by atoms with E-state index < -0.39 is 0 Å². The van der Waals surface area contributed by atoms with Gasteiger partial charge in [0.15, 0.2) is 5.11 Å². The third-order valence-electron chi connectivity index (χ3n) is 4.16. The Morgan fingerprint density at radius 1 is 1.24 bits per heavy atom. The van der Waals surface area contributed by atoms with Crippen LogP contribution in [-0.4, -0.2) is 27.6 Å². The molecule has 3 rings (SSSR count). The maximum absolute atomic E-state index is 12.4. The number of amides is 1. The van der Waals surface area contributed by atoms with Crippen LogP contribution >= 0.6 is 34.8 Å². The first kappa shape index (κ1) is 18.2. The average molecular weight is 466 g/mol. The minimum absolute atomic E-state index is 0.197. The summed E-state index contributed by atoms with van der Waals surface area (Å²) in [7, 11) is 0. The fourth-order valence-electron chi connectivity index (χ4n) is 2.96. The third kappa shape index (κ3) is 4.74. The van der Waals surface area contributed by atoms with Gasteiger partial charge in [-0.05, 0) is 71.4 Å². The number of nitrogens with one attached hydrogen (secondary N) is 2. The molecule has 7 heteroatoms. The zero-order valence-electron chi connectivity index (χ0n) is 13.6. The number of halogens is 1. The number of hydrogen-bond donors (Lipinski definition) is 2. The number of pyridine rings is 1. The van der Waals surface area contributed by atoms with Crippen molar-refractivity contribution in [3.63, 3.8) is 0 Å². The molecule has 2 heterocycles. The third-order valence-corrected chi connectivity index (χ3v) is 5.30. The molecule has 1 aromatic carbocycles. The van der Waals surface area contributed by atoms with Crippen LogP contribution in [0.3, 0.4) is 0 Å². The van der Waals surface area contributed by atoms with E-state index in [0.29, 0.717) is 10.7 Å². The summed E-state index contributed by atoms with van der Waals surface area (Å²) < 4.78 is 0.895. The van der Waals surface area contributed by atoms with Crippen LogP contribution in [0.5, 0.6) is 0 Å². The summed E-state index contributed by atoms with van der Waals surface area (Å²) in [5.41, 5.74) is 4.96. The molecule has 1 atom stereocenters. The Hall–Kier alpha value is -1.58. The lowest BCUT2D eigenvalue weighted by Crippen LogP contribution is -2.51. The van der Waals surface area contributed by atoms with Crippen LogP contribution < -0.4 is 10.7 Å². The van der Waals surface area contributed by atoms with Crippen LogP contribution in [0.4, 0.5) is 0 Å². The highest BCUT2D eigenvalue weighted by atomic mass is 127. The largest absolute Gasteiger partial charge is 0.298 e. The summed E-state index contributed by atoms with van der Waals surface area (Å²) in [6.07, 6.45) is 6.96. The lowest BCUT2D eigenvalue weighted by atomic mass is 9.98. The van der Waals surface area contributed by atoms with Gasteiger partial charge in [0.05, 0.1) is 11.6 Å². The van der Waals surface area contributed by atoms with Gasteiger partial charge in [0.2, 0.25) is 0 Å². The number of thiocarbonyl (C=S) groups is 1. The standard InChI is InChI=1S/C18H19IN4OS/c19-15-8-2-1-7-14(15)17(24)21-18(25)22-23-11-4-3-9-16(23)13-6-5-10-20-12-13/h1-2,5-8,10,12,16H,3-4,9,11H2,(H2,21,22,24,25)/t16-/m0/s1. The normalized spacial score (nSPS) is 17.7. The molecule has 0 unspecified atom stereocenters. The number of hydrazine groups is 1. The molecule has 1 saturated heterocycles. The monoisotopic (exact) mass is 466 g/mol. The van der Waals surface area contributed by atoms with E-state index in [4.69, 9.17) is 12.2 Å². The lowest BCUT2D eigenvalue weighted by molar-refractivity contribution is 0.0957. The molecule has 1 amide bonds. The van der Waals surface area contributed by atoms with E-state index in [1.54, 1.807) is 12.3 Å². The molecule has 1 fully saturated rings. The minimum atomic E-state index is -0.197. The number of nitrogens with zero attached hydrogens (tertiary/aromatic N) is 2. The number of hydrogen-bond acceptors (Lipinski definition) is 4. The maximum atomic E-state index is 12.4. The van der Waals surface area contributed by atoms with Gasteiger partial charge in [-0.3, -0.25) is 20.5 Å². The highest BCUT2D eigenvalue weighted by Gasteiger charge is 2.25. The van der Waals surface area contributed by atoms with Gasteiger partial charge in [-0.15, -0.1) is 0 Å². The molecule has 2 aromatic rings. The van der Waals surface area contributed by atoms with Crippen LogP contribution in [0.2, 0.25) is 0 Å². The Morgan fingerprint density at radius 3 is 2.84 bits per heavy atom. The fourth-order valence-corrected chi connectivity index (χ4v) is 3.80. The molecular formula is C18H19IN4OS. The fraction of sp³-hybridized carbons (Fsp3) is 0.278. The zero-order chi connectivity index (χ0) is 17.6.